The van der Waals surface area contributed by atoms with Crippen LogP contribution in [0, 0.1) is 0 Å². The minimum absolute atomic E-state index is 0.182. The molecule has 1 aliphatic rings. The highest BCUT2D eigenvalue weighted by Crippen LogP contribution is 2.26. The molecule has 4 aromatic heterocycles. The largest absolute Gasteiger partial charge is 0.367 e. The number of rotatable bonds is 4. The molecule has 1 amide bonds. The summed E-state index contributed by atoms with van der Waals surface area (Å²) >= 11 is 2.73. The molecule has 5 rings (SSSR count). The molecule has 0 atom stereocenters. The van der Waals surface area contributed by atoms with Crippen LogP contribution in [0.5, 0.6) is 0 Å². The summed E-state index contributed by atoms with van der Waals surface area (Å²) in [6.45, 7) is 3.52. The molecule has 0 aliphatic carbocycles. The molecule has 0 radical (unpaired) electrons. The molecule has 1 saturated heterocycles. The molecule has 1 fully saturated rings. The number of hydrogen-bond donors (Lipinski definition) is 2. The highest BCUT2D eigenvalue weighted by molar-refractivity contribution is 7.12. The van der Waals surface area contributed by atoms with Crippen molar-refractivity contribution in [2.24, 2.45) is 7.05 Å². The third kappa shape index (κ3) is 3.20. The second-order valence-electron chi connectivity index (χ2n) is 6.91. The van der Waals surface area contributed by atoms with E-state index in [4.69, 9.17) is 0 Å². The number of thiazole rings is 1. The fourth-order valence-corrected chi connectivity index (χ4v) is 5.10. The van der Waals surface area contributed by atoms with Crippen molar-refractivity contribution in [1.29, 1.82) is 0 Å². The van der Waals surface area contributed by atoms with Crippen molar-refractivity contribution in [1.82, 2.24) is 24.4 Å². The van der Waals surface area contributed by atoms with Gasteiger partial charge in [-0.1, -0.05) is 0 Å². The Morgan fingerprint density at radius 3 is 2.83 bits per heavy atom. The molecule has 0 spiro atoms. The number of aromatic nitrogens is 4. The van der Waals surface area contributed by atoms with Gasteiger partial charge in [0, 0.05) is 55.6 Å². The standard InChI is InChI=1S/C19H19N7O2S2/c1-24-14-9-29-10-15(14)26(19(24)28)16-11-30-18(23-16)17(27)22-12-8-21-3-2-13(12)25-6-4-20-5-7-25/h2-3,8-11,20H,4-7H2,1H3,(H,22,27). The normalized spacial score (nSPS) is 14.4. The Morgan fingerprint density at radius 1 is 1.20 bits per heavy atom. The lowest BCUT2D eigenvalue weighted by Gasteiger charge is -2.30. The molecule has 1 aliphatic heterocycles. The Morgan fingerprint density at radius 2 is 2.00 bits per heavy atom. The number of carbonyl (C=O) groups is 1. The summed E-state index contributed by atoms with van der Waals surface area (Å²) in [6, 6.07) is 1.91. The number of piperazine rings is 1. The number of aryl methyl sites for hydroxylation is 1. The zero-order valence-electron chi connectivity index (χ0n) is 16.2. The van der Waals surface area contributed by atoms with Gasteiger partial charge in [0.2, 0.25) is 0 Å². The Labute approximate surface area is 179 Å². The van der Waals surface area contributed by atoms with E-state index in [0.717, 1.165) is 42.9 Å². The summed E-state index contributed by atoms with van der Waals surface area (Å²) < 4.78 is 3.12. The highest BCUT2D eigenvalue weighted by Gasteiger charge is 2.20. The van der Waals surface area contributed by atoms with E-state index in [1.807, 2.05) is 16.8 Å². The van der Waals surface area contributed by atoms with Gasteiger partial charge in [0.15, 0.2) is 10.8 Å². The molecular weight excluding hydrogens is 422 g/mol. The number of hydrogen-bond acceptors (Lipinski definition) is 8. The predicted molar refractivity (Wildman–Crippen MR) is 119 cm³/mol. The predicted octanol–water partition coefficient (Wildman–Crippen LogP) is 1.90. The molecule has 4 aromatic rings. The van der Waals surface area contributed by atoms with Gasteiger partial charge in [-0.05, 0) is 6.07 Å². The van der Waals surface area contributed by atoms with Gasteiger partial charge in [-0.25, -0.2) is 14.3 Å². The lowest BCUT2D eigenvalue weighted by molar-refractivity contribution is 0.102. The number of pyridine rings is 1. The molecular formula is C19H19N7O2S2. The van der Waals surface area contributed by atoms with Crippen LogP contribution in [0.4, 0.5) is 11.4 Å². The van der Waals surface area contributed by atoms with Crippen molar-refractivity contribution >= 4 is 51.0 Å². The Balaban J connectivity index is 1.43. The van der Waals surface area contributed by atoms with E-state index >= 15 is 0 Å². The smallest absolute Gasteiger partial charge is 0.334 e. The minimum Gasteiger partial charge on any atom is -0.367 e. The van der Waals surface area contributed by atoms with E-state index in [0.29, 0.717) is 16.5 Å². The quantitative estimate of drug-likeness (QED) is 0.502. The number of thiophene rings is 1. The molecule has 154 valence electrons. The molecule has 5 heterocycles. The summed E-state index contributed by atoms with van der Waals surface area (Å²) in [5, 5.41) is 12.1. The van der Waals surface area contributed by atoms with Gasteiger partial charge in [0.05, 0.1) is 28.6 Å². The van der Waals surface area contributed by atoms with Crippen LogP contribution in [-0.2, 0) is 7.05 Å². The molecule has 30 heavy (non-hydrogen) atoms. The van der Waals surface area contributed by atoms with Gasteiger partial charge >= 0.3 is 5.69 Å². The first-order valence-corrected chi connectivity index (χ1v) is 11.3. The summed E-state index contributed by atoms with van der Waals surface area (Å²) in [4.78, 5) is 36.3. The fraction of sp³-hybridized carbons (Fsp3) is 0.263. The van der Waals surface area contributed by atoms with Crippen LogP contribution in [0.25, 0.3) is 16.9 Å². The lowest BCUT2D eigenvalue weighted by Crippen LogP contribution is -2.43. The highest BCUT2D eigenvalue weighted by atomic mass is 32.1. The number of imidazole rings is 1. The average Bonchev–Trinajstić information content (AvgIpc) is 3.49. The zero-order chi connectivity index (χ0) is 20.7. The maximum atomic E-state index is 12.9. The molecule has 0 saturated carbocycles. The average molecular weight is 442 g/mol. The van der Waals surface area contributed by atoms with E-state index in [1.54, 1.807) is 29.4 Å². The summed E-state index contributed by atoms with van der Waals surface area (Å²) in [5.74, 6) is 0.133. The monoisotopic (exact) mass is 441 g/mol. The van der Waals surface area contributed by atoms with Crippen molar-refractivity contribution in [2.75, 3.05) is 36.4 Å². The topological polar surface area (TPSA) is 97.1 Å². The third-order valence-corrected chi connectivity index (χ3v) is 6.67. The number of fused-ring (bicyclic) bond motifs is 1. The number of anilines is 2. The molecule has 9 nitrogen and oxygen atoms in total. The van der Waals surface area contributed by atoms with Crippen molar-refractivity contribution < 1.29 is 4.79 Å². The van der Waals surface area contributed by atoms with Crippen molar-refractivity contribution in [3.63, 3.8) is 0 Å². The van der Waals surface area contributed by atoms with Crippen LogP contribution in [0.2, 0.25) is 0 Å². The second kappa shape index (κ2) is 7.67. The van der Waals surface area contributed by atoms with E-state index in [9.17, 15) is 9.59 Å². The van der Waals surface area contributed by atoms with Crippen LogP contribution in [0.1, 0.15) is 9.80 Å². The first-order valence-electron chi connectivity index (χ1n) is 9.44. The number of amides is 1. The van der Waals surface area contributed by atoms with Gasteiger partial charge in [0.1, 0.15) is 0 Å². The van der Waals surface area contributed by atoms with Gasteiger partial charge in [0.25, 0.3) is 5.91 Å². The first kappa shape index (κ1) is 19.0. The summed E-state index contributed by atoms with van der Waals surface area (Å²) in [7, 11) is 1.73. The Bertz CT molecular complexity index is 1280. The zero-order valence-corrected chi connectivity index (χ0v) is 17.8. The molecule has 0 bridgehead atoms. The van der Waals surface area contributed by atoms with E-state index in [1.165, 1.54) is 27.2 Å². The van der Waals surface area contributed by atoms with Crippen LogP contribution < -0.4 is 21.2 Å². The fourth-order valence-electron chi connectivity index (χ4n) is 3.59. The molecule has 2 N–H and O–H groups in total. The minimum atomic E-state index is -0.318. The third-order valence-electron chi connectivity index (χ3n) is 5.12. The summed E-state index contributed by atoms with van der Waals surface area (Å²) in [5.41, 5.74) is 3.05. The molecule has 0 unspecified atom stereocenters. The molecule has 0 aromatic carbocycles. The number of carbonyl (C=O) groups excluding carboxylic acids is 1. The maximum absolute atomic E-state index is 12.9. The number of nitrogens with zero attached hydrogens (tertiary/aromatic N) is 5. The van der Waals surface area contributed by atoms with Gasteiger partial charge in [-0.3, -0.25) is 14.3 Å². The second-order valence-corrected chi connectivity index (χ2v) is 8.52. The van der Waals surface area contributed by atoms with Crippen molar-refractivity contribution in [2.45, 2.75) is 0 Å². The van der Waals surface area contributed by atoms with Gasteiger partial charge < -0.3 is 15.5 Å². The van der Waals surface area contributed by atoms with Crippen molar-refractivity contribution in [3.8, 4) is 5.82 Å². The van der Waals surface area contributed by atoms with Crippen LogP contribution in [-0.4, -0.2) is 51.2 Å². The summed E-state index contributed by atoms with van der Waals surface area (Å²) in [6.07, 6.45) is 3.38. The molecule has 11 heteroatoms. The van der Waals surface area contributed by atoms with Crippen LogP contribution in [0.15, 0.2) is 39.4 Å². The van der Waals surface area contributed by atoms with E-state index in [2.05, 4.69) is 25.5 Å². The maximum Gasteiger partial charge on any atom is 0.334 e. The van der Waals surface area contributed by atoms with E-state index in [-0.39, 0.29) is 11.6 Å². The van der Waals surface area contributed by atoms with Crippen LogP contribution in [0.3, 0.4) is 0 Å². The Kier molecular flexibility index (Phi) is 4.85. The van der Waals surface area contributed by atoms with E-state index < -0.39 is 0 Å². The van der Waals surface area contributed by atoms with Gasteiger partial charge in [-0.2, -0.15) is 0 Å². The van der Waals surface area contributed by atoms with Crippen molar-refractivity contribution in [3.05, 3.63) is 50.1 Å². The van der Waals surface area contributed by atoms with Crippen LogP contribution >= 0.6 is 22.7 Å². The Hall–Kier alpha value is -3.02. The van der Waals surface area contributed by atoms with Gasteiger partial charge in [-0.15, -0.1) is 22.7 Å². The SMILES string of the molecule is Cn1c(=O)n(-c2csc(C(=O)Nc3cnccc3N3CCNCC3)n2)c2cscc21. The lowest BCUT2D eigenvalue weighted by atomic mass is 10.2. The first-order chi connectivity index (χ1) is 14.6. The number of nitrogens with one attached hydrogen (secondary N) is 2.